The predicted octanol–water partition coefficient (Wildman–Crippen LogP) is 1.66. The zero-order valence-corrected chi connectivity index (χ0v) is 15.1. The minimum Gasteiger partial charge on any atom is -0.354 e. The number of rotatable bonds is 5. The van der Waals surface area contributed by atoms with E-state index in [0.717, 1.165) is 48.5 Å². The van der Waals surface area contributed by atoms with Crippen LogP contribution in [0, 0.1) is 11.8 Å². The quantitative estimate of drug-likeness (QED) is 0.885. The summed E-state index contributed by atoms with van der Waals surface area (Å²) in [5, 5.41) is 12.6. The highest BCUT2D eigenvalue weighted by atomic mass is 15.3. The molecule has 2 aromatic rings. The zero-order chi connectivity index (χ0) is 17.3. The molecule has 0 spiro atoms. The Morgan fingerprint density at radius 1 is 0.962 bits per heavy atom. The molecule has 4 aliphatic heterocycles. The summed E-state index contributed by atoms with van der Waals surface area (Å²) >= 11 is 0. The van der Waals surface area contributed by atoms with Gasteiger partial charge in [-0.25, -0.2) is 0 Å². The summed E-state index contributed by atoms with van der Waals surface area (Å²) in [4.78, 5) is 8.99. The number of fused-ring (bicyclic) bond motifs is 3. The Balaban J connectivity index is 1.11. The molecule has 6 nitrogen and oxygen atoms in total. The van der Waals surface area contributed by atoms with Crippen LogP contribution in [0.25, 0.3) is 11.3 Å². The number of nitrogens with zero attached hydrogens (tertiary/aromatic N) is 5. The van der Waals surface area contributed by atoms with E-state index in [0.29, 0.717) is 6.04 Å². The molecular formula is C20H26N6. The van der Waals surface area contributed by atoms with E-state index in [2.05, 4.69) is 42.4 Å². The summed E-state index contributed by atoms with van der Waals surface area (Å²) in [6, 6.07) is 8.77. The van der Waals surface area contributed by atoms with E-state index in [9.17, 15) is 0 Å². The van der Waals surface area contributed by atoms with Gasteiger partial charge in [-0.2, -0.15) is 0 Å². The maximum atomic E-state index is 4.42. The van der Waals surface area contributed by atoms with E-state index in [1.54, 1.807) is 12.4 Å². The molecular weight excluding hydrogens is 324 g/mol. The lowest BCUT2D eigenvalue weighted by Crippen LogP contribution is -2.59. The van der Waals surface area contributed by atoms with Crippen LogP contribution in [0.2, 0.25) is 0 Å². The summed E-state index contributed by atoms with van der Waals surface area (Å²) in [7, 11) is 0. The second-order valence-corrected chi connectivity index (χ2v) is 7.94. The molecule has 0 amide bonds. The van der Waals surface area contributed by atoms with Gasteiger partial charge in [0, 0.05) is 56.1 Å². The van der Waals surface area contributed by atoms with Gasteiger partial charge in [0.15, 0.2) is 5.82 Å². The Hall–Kier alpha value is -2.05. The molecule has 6 rings (SSSR count). The van der Waals surface area contributed by atoms with Crippen LogP contribution >= 0.6 is 0 Å². The van der Waals surface area contributed by atoms with Crippen molar-refractivity contribution in [3.05, 3.63) is 36.7 Å². The van der Waals surface area contributed by atoms with Crippen molar-refractivity contribution in [2.24, 2.45) is 11.8 Å². The third kappa shape index (κ3) is 3.19. The molecule has 4 fully saturated rings. The van der Waals surface area contributed by atoms with Crippen LogP contribution in [0.5, 0.6) is 0 Å². The van der Waals surface area contributed by atoms with Crippen LogP contribution in [0.15, 0.2) is 36.7 Å². The molecule has 0 aromatic carbocycles. The van der Waals surface area contributed by atoms with Crippen molar-refractivity contribution in [3.63, 3.8) is 0 Å². The summed E-state index contributed by atoms with van der Waals surface area (Å²) in [5.41, 5.74) is 1.96. The van der Waals surface area contributed by atoms with Gasteiger partial charge < -0.3 is 15.1 Å². The summed E-state index contributed by atoms with van der Waals surface area (Å²) in [5.74, 6) is 2.62. The Labute approximate surface area is 154 Å². The number of anilines is 1. The van der Waals surface area contributed by atoms with Crippen LogP contribution in [0.4, 0.5) is 5.82 Å². The lowest BCUT2D eigenvalue weighted by atomic mass is 9.83. The van der Waals surface area contributed by atoms with E-state index in [1.807, 2.05) is 12.1 Å². The fourth-order valence-corrected chi connectivity index (χ4v) is 4.57. The minimum absolute atomic E-state index is 0.714. The van der Waals surface area contributed by atoms with Gasteiger partial charge in [-0.15, -0.1) is 10.2 Å². The number of piperidine rings is 3. The van der Waals surface area contributed by atoms with Crippen molar-refractivity contribution in [1.29, 1.82) is 0 Å². The molecule has 26 heavy (non-hydrogen) atoms. The molecule has 2 aromatic heterocycles. The van der Waals surface area contributed by atoms with Crippen molar-refractivity contribution < 1.29 is 0 Å². The standard InChI is InChI=1S/C20H26N6/c1-2-20(24-23-18(1)16-3-7-21-8-4-16)26-12-15(13-26)11-22-19-14-25-9-5-17(19)6-10-25/h1-4,7-8,15,17,19,22H,5-6,9-14H2. The van der Waals surface area contributed by atoms with Gasteiger partial charge in [0.05, 0.1) is 5.69 Å². The minimum atomic E-state index is 0.714. The highest BCUT2D eigenvalue weighted by Crippen LogP contribution is 2.28. The average molecular weight is 350 g/mol. The van der Waals surface area contributed by atoms with Crippen molar-refractivity contribution in [1.82, 2.24) is 25.4 Å². The number of hydrogen-bond donors (Lipinski definition) is 1. The van der Waals surface area contributed by atoms with Gasteiger partial charge in [0.25, 0.3) is 0 Å². The normalized spacial score (nSPS) is 28.2. The van der Waals surface area contributed by atoms with Gasteiger partial charge in [0.2, 0.25) is 0 Å². The van der Waals surface area contributed by atoms with Crippen molar-refractivity contribution >= 4 is 5.82 Å². The molecule has 1 N–H and O–H groups in total. The topological polar surface area (TPSA) is 57.2 Å². The number of nitrogens with one attached hydrogen (secondary N) is 1. The Morgan fingerprint density at radius 3 is 2.42 bits per heavy atom. The Bertz CT molecular complexity index is 720. The molecule has 6 heteroatoms. The first-order chi connectivity index (χ1) is 12.8. The average Bonchev–Trinajstić information content (AvgIpc) is 2.69. The van der Waals surface area contributed by atoms with E-state index in [-0.39, 0.29) is 0 Å². The maximum absolute atomic E-state index is 4.42. The van der Waals surface area contributed by atoms with Crippen LogP contribution in [0.3, 0.4) is 0 Å². The van der Waals surface area contributed by atoms with Crippen molar-refractivity contribution in [3.8, 4) is 11.3 Å². The predicted molar refractivity (Wildman–Crippen MR) is 102 cm³/mol. The highest BCUT2D eigenvalue weighted by Gasteiger charge is 2.35. The van der Waals surface area contributed by atoms with Crippen LogP contribution in [-0.4, -0.2) is 65.4 Å². The summed E-state index contributed by atoms with van der Waals surface area (Å²) < 4.78 is 0. The van der Waals surface area contributed by atoms with Gasteiger partial charge >= 0.3 is 0 Å². The van der Waals surface area contributed by atoms with Crippen molar-refractivity contribution in [2.75, 3.05) is 44.2 Å². The lowest BCUT2D eigenvalue weighted by Gasteiger charge is -2.47. The highest BCUT2D eigenvalue weighted by molar-refractivity contribution is 5.59. The number of aromatic nitrogens is 3. The number of hydrogen-bond acceptors (Lipinski definition) is 6. The first-order valence-corrected chi connectivity index (χ1v) is 9.80. The Kier molecular flexibility index (Phi) is 4.30. The Morgan fingerprint density at radius 2 is 1.77 bits per heavy atom. The number of pyridine rings is 1. The lowest BCUT2D eigenvalue weighted by molar-refractivity contribution is 0.0700. The third-order valence-corrected chi connectivity index (χ3v) is 6.23. The summed E-state index contributed by atoms with van der Waals surface area (Å²) in [6.45, 7) is 7.17. The van der Waals surface area contributed by atoms with Crippen LogP contribution < -0.4 is 10.2 Å². The molecule has 1 atom stereocenters. The second kappa shape index (κ2) is 6.93. The van der Waals surface area contributed by atoms with E-state index >= 15 is 0 Å². The zero-order valence-electron chi connectivity index (χ0n) is 15.1. The third-order valence-electron chi connectivity index (χ3n) is 6.23. The van der Waals surface area contributed by atoms with Gasteiger partial charge in [-0.3, -0.25) is 4.98 Å². The first kappa shape index (κ1) is 16.1. The summed E-state index contributed by atoms with van der Waals surface area (Å²) in [6.07, 6.45) is 6.34. The smallest absolute Gasteiger partial charge is 0.151 e. The first-order valence-electron chi connectivity index (χ1n) is 9.80. The molecule has 0 aliphatic carbocycles. The molecule has 136 valence electrons. The fraction of sp³-hybridized carbons (Fsp3) is 0.550. The van der Waals surface area contributed by atoms with Crippen molar-refractivity contribution in [2.45, 2.75) is 18.9 Å². The van der Waals surface area contributed by atoms with Gasteiger partial charge in [0.1, 0.15) is 0 Å². The maximum Gasteiger partial charge on any atom is 0.151 e. The fourth-order valence-electron chi connectivity index (χ4n) is 4.57. The largest absolute Gasteiger partial charge is 0.354 e. The van der Waals surface area contributed by atoms with Crippen LogP contribution in [-0.2, 0) is 0 Å². The van der Waals surface area contributed by atoms with Gasteiger partial charge in [-0.1, -0.05) is 0 Å². The second-order valence-electron chi connectivity index (χ2n) is 7.94. The molecule has 4 aliphatic rings. The molecule has 0 radical (unpaired) electrons. The SMILES string of the molecule is c1cc(-c2ccc(N3CC(CNC4CN5CCC4CC5)C3)nn2)ccn1. The molecule has 0 saturated carbocycles. The monoisotopic (exact) mass is 350 g/mol. The molecule has 6 heterocycles. The molecule has 1 unspecified atom stereocenters. The van der Waals surface area contributed by atoms with Gasteiger partial charge in [-0.05, 0) is 56.1 Å². The van der Waals surface area contributed by atoms with E-state index in [1.165, 1.54) is 32.5 Å². The van der Waals surface area contributed by atoms with E-state index < -0.39 is 0 Å². The molecule has 2 bridgehead atoms. The van der Waals surface area contributed by atoms with Crippen LogP contribution in [0.1, 0.15) is 12.8 Å². The molecule has 4 saturated heterocycles. The van der Waals surface area contributed by atoms with E-state index in [4.69, 9.17) is 0 Å².